The van der Waals surface area contributed by atoms with Crippen molar-refractivity contribution in [1.82, 2.24) is 0 Å². The van der Waals surface area contributed by atoms with Gasteiger partial charge in [-0.05, 0) is 60.0 Å². The molecule has 0 bridgehead atoms. The van der Waals surface area contributed by atoms with Gasteiger partial charge in [-0.2, -0.15) is 5.26 Å². The maximum Gasteiger partial charge on any atom is 0.161 e. The van der Waals surface area contributed by atoms with Crippen molar-refractivity contribution in [2.45, 2.75) is 20.0 Å². The second kappa shape index (κ2) is 7.76. The lowest BCUT2D eigenvalue weighted by atomic mass is 10.00. The Hall–Kier alpha value is -3.25. The molecule has 0 N–H and O–H groups in total. The molecule has 0 aromatic heterocycles. The fourth-order valence-corrected chi connectivity index (χ4v) is 2.83. The van der Waals surface area contributed by atoms with E-state index in [9.17, 15) is 5.26 Å². The fraction of sp³-hybridized carbons (Fsp3) is 0.174. The first-order valence-corrected chi connectivity index (χ1v) is 8.56. The van der Waals surface area contributed by atoms with Crippen LogP contribution in [0.2, 0.25) is 0 Å². The number of rotatable bonds is 5. The molecular formula is C23H21NO2. The van der Waals surface area contributed by atoms with E-state index in [2.05, 4.69) is 18.2 Å². The Kier molecular flexibility index (Phi) is 5.24. The van der Waals surface area contributed by atoms with E-state index < -0.39 is 0 Å². The van der Waals surface area contributed by atoms with Crippen LogP contribution in [0.5, 0.6) is 11.5 Å². The van der Waals surface area contributed by atoms with Crippen LogP contribution in [-0.2, 0) is 0 Å². The monoisotopic (exact) mass is 343 g/mol. The lowest BCUT2D eigenvalue weighted by Crippen LogP contribution is -2.06. The fourth-order valence-electron chi connectivity index (χ4n) is 2.83. The summed E-state index contributed by atoms with van der Waals surface area (Å²) in [4.78, 5) is 0. The summed E-state index contributed by atoms with van der Waals surface area (Å²) in [6, 6.07) is 22.2. The number of ether oxygens (including phenoxy) is 2. The summed E-state index contributed by atoms with van der Waals surface area (Å²) >= 11 is 0. The van der Waals surface area contributed by atoms with Crippen molar-refractivity contribution in [2.24, 2.45) is 0 Å². The third-order valence-corrected chi connectivity index (χ3v) is 4.04. The van der Waals surface area contributed by atoms with Crippen molar-refractivity contribution in [3.05, 3.63) is 71.8 Å². The minimum atomic E-state index is 0.0672. The number of fused-ring (bicyclic) bond motifs is 1. The van der Waals surface area contributed by atoms with Crippen molar-refractivity contribution in [3.8, 4) is 17.6 Å². The van der Waals surface area contributed by atoms with Gasteiger partial charge in [-0.3, -0.25) is 0 Å². The Bertz CT molecular complexity index is 997. The highest BCUT2D eigenvalue weighted by Crippen LogP contribution is 2.31. The highest BCUT2D eigenvalue weighted by Gasteiger charge is 2.08. The smallest absolute Gasteiger partial charge is 0.161 e. The second-order valence-corrected chi connectivity index (χ2v) is 6.31. The van der Waals surface area contributed by atoms with Crippen LogP contribution in [-0.4, -0.2) is 13.2 Å². The second-order valence-electron chi connectivity index (χ2n) is 6.31. The minimum Gasteiger partial charge on any atom is -0.493 e. The van der Waals surface area contributed by atoms with Gasteiger partial charge >= 0.3 is 0 Å². The van der Waals surface area contributed by atoms with Crippen LogP contribution < -0.4 is 9.47 Å². The molecule has 0 saturated carbocycles. The Balaban J connectivity index is 1.99. The van der Waals surface area contributed by atoms with Gasteiger partial charge in [0.05, 0.1) is 24.9 Å². The Morgan fingerprint density at radius 2 is 1.73 bits per heavy atom. The summed E-state index contributed by atoms with van der Waals surface area (Å²) in [5.41, 5.74) is 2.39. The van der Waals surface area contributed by atoms with E-state index in [1.165, 1.54) is 0 Å². The molecular weight excluding hydrogens is 322 g/mol. The zero-order valence-corrected chi connectivity index (χ0v) is 15.2. The van der Waals surface area contributed by atoms with Crippen LogP contribution >= 0.6 is 0 Å². The molecule has 0 saturated heterocycles. The number of hydrogen-bond donors (Lipinski definition) is 0. The van der Waals surface area contributed by atoms with Crippen molar-refractivity contribution < 1.29 is 9.47 Å². The van der Waals surface area contributed by atoms with Crippen LogP contribution in [0.3, 0.4) is 0 Å². The summed E-state index contributed by atoms with van der Waals surface area (Å²) in [5.74, 6) is 1.35. The van der Waals surface area contributed by atoms with E-state index in [1.807, 2.05) is 68.5 Å². The molecule has 0 radical (unpaired) electrons. The lowest BCUT2D eigenvalue weighted by Gasteiger charge is -2.14. The van der Waals surface area contributed by atoms with Crippen molar-refractivity contribution in [2.75, 3.05) is 7.11 Å². The van der Waals surface area contributed by atoms with Gasteiger partial charge in [-0.15, -0.1) is 0 Å². The van der Waals surface area contributed by atoms with Gasteiger partial charge < -0.3 is 9.47 Å². The number of nitriles is 1. The molecule has 0 aliphatic carbocycles. The highest BCUT2D eigenvalue weighted by molar-refractivity contribution is 5.94. The summed E-state index contributed by atoms with van der Waals surface area (Å²) < 4.78 is 11.2. The molecule has 26 heavy (non-hydrogen) atoms. The van der Waals surface area contributed by atoms with Gasteiger partial charge in [0, 0.05) is 0 Å². The zero-order valence-electron chi connectivity index (χ0n) is 15.2. The standard InChI is InChI=1S/C23H21NO2/c1-16(2)26-22-11-8-17(13-23(22)25-3)12-21(15-24)20-10-9-18-6-4-5-7-19(18)14-20/h4-14,16H,1-3H3/b21-12-. The van der Waals surface area contributed by atoms with Gasteiger partial charge in [-0.25, -0.2) is 0 Å². The first kappa shape index (κ1) is 17.6. The number of hydrogen-bond acceptors (Lipinski definition) is 3. The number of methoxy groups -OCH3 is 1. The lowest BCUT2D eigenvalue weighted by molar-refractivity contribution is 0.230. The molecule has 3 aromatic rings. The summed E-state index contributed by atoms with van der Waals surface area (Å²) in [5, 5.41) is 11.9. The molecule has 0 atom stereocenters. The predicted molar refractivity (Wildman–Crippen MR) is 106 cm³/mol. The number of benzene rings is 3. The molecule has 0 fully saturated rings. The molecule has 0 heterocycles. The van der Waals surface area contributed by atoms with E-state index in [0.717, 1.165) is 21.9 Å². The van der Waals surface area contributed by atoms with E-state index in [0.29, 0.717) is 17.1 Å². The van der Waals surface area contributed by atoms with E-state index in [-0.39, 0.29) is 6.10 Å². The minimum absolute atomic E-state index is 0.0672. The first-order valence-electron chi connectivity index (χ1n) is 8.56. The number of allylic oxidation sites excluding steroid dienone is 1. The molecule has 0 unspecified atom stereocenters. The van der Waals surface area contributed by atoms with Crippen LogP contribution in [0.25, 0.3) is 22.4 Å². The Morgan fingerprint density at radius 3 is 2.42 bits per heavy atom. The van der Waals surface area contributed by atoms with Gasteiger partial charge in [0.15, 0.2) is 11.5 Å². The first-order chi connectivity index (χ1) is 12.6. The van der Waals surface area contributed by atoms with Gasteiger partial charge in [0.1, 0.15) is 0 Å². The van der Waals surface area contributed by atoms with Gasteiger partial charge in [-0.1, -0.05) is 42.5 Å². The Labute approximate surface area is 154 Å². The normalized spacial score (nSPS) is 11.4. The predicted octanol–water partition coefficient (Wildman–Crippen LogP) is 5.70. The summed E-state index contributed by atoms with van der Waals surface area (Å²) in [6.07, 6.45) is 1.93. The van der Waals surface area contributed by atoms with Crippen LogP contribution in [0.15, 0.2) is 60.7 Å². The molecule has 3 rings (SSSR count). The molecule has 3 nitrogen and oxygen atoms in total. The molecule has 0 aliphatic rings. The van der Waals surface area contributed by atoms with Crippen molar-refractivity contribution in [3.63, 3.8) is 0 Å². The van der Waals surface area contributed by atoms with Crippen LogP contribution in [0.4, 0.5) is 0 Å². The van der Waals surface area contributed by atoms with E-state index >= 15 is 0 Å². The maximum atomic E-state index is 9.64. The van der Waals surface area contributed by atoms with Gasteiger partial charge in [0.2, 0.25) is 0 Å². The molecule has 130 valence electrons. The molecule has 0 amide bonds. The molecule has 3 aromatic carbocycles. The SMILES string of the molecule is COc1cc(/C=C(/C#N)c2ccc3ccccc3c2)ccc1OC(C)C. The quantitative estimate of drug-likeness (QED) is 0.441. The van der Waals surface area contributed by atoms with E-state index in [4.69, 9.17) is 9.47 Å². The third-order valence-electron chi connectivity index (χ3n) is 4.04. The van der Waals surface area contributed by atoms with E-state index in [1.54, 1.807) is 7.11 Å². The maximum absolute atomic E-state index is 9.64. The molecule has 0 aliphatic heterocycles. The van der Waals surface area contributed by atoms with Crippen molar-refractivity contribution in [1.29, 1.82) is 5.26 Å². The summed E-state index contributed by atoms with van der Waals surface area (Å²) in [7, 11) is 1.62. The van der Waals surface area contributed by atoms with Crippen LogP contribution in [0.1, 0.15) is 25.0 Å². The third kappa shape index (κ3) is 3.87. The summed E-state index contributed by atoms with van der Waals surface area (Å²) in [6.45, 7) is 3.95. The van der Waals surface area contributed by atoms with Gasteiger partial charge in [0.25, 0.3) is 0 Å². The average molecular weight is 343 g/mol. The van der Waals surface area contributed by atoms with Crippen molar-refractivity contribution >= 4 is 22.4 Å². The molecule has 0 spiro atoms. The van der Waals surface area contributed by atoms with Crippen LogP contribution in [0, 0.1) is 11.3 Å². The molecule has 3 heteroatoms. The highest BCUT2D eigenvalue weighted by atomic mass is 16.5. The largest absolute Gasteiger partial charge is 0.493 e. The Morgan fingerprint density at radius 1 is 0.962 bits per heavy atom. The topological polar surface area (TPSA) is 42.2 Å². The number of nitrogens with zero attached hydrogens (tertiary/aromatic N) is 1. The average Bonchev–Trinajstić information content (AvgIpc) is 2.66. The zero-order chi connectivity index (χ0) is 18.5.